The Kier molecular flexibility index (Phi) is 6.03. The van der Waals surface area contributed by atoms with E-state index in [1.807, 2.05) is 16.8 Å². The van der Waals surface area contributed by atoms with Gasteiger partial charge in [-0.25, -0.2) is 4.98 Å². The standard InChI is InChI=1S/C15H20Cl2N4/c1-3-5-18-14(9-15-19-10-20-21(15)4-2)11-6-12(16)8-13(17)7-11/h6-8,10,14,18H,3-5,9H2,1-2H3. The maximum atomic E-state index is 6.12. The van der Waals surface area contributed by atoms with Gasteiger partial charge in [0, 0.05) is 29.1 Å². The molecule has 0 aliphatic heterocycles. The number of hydrogen-bond donors (Lipinski definition) is 1. The van der Waals surface area contributed by atoms with Crippen LogP contribution in [0.15, 0.2) is 24.5 Å². The molecule has 1 aromatic carbocycles. The molecule has 114 valence electrons. The van der Waals surface area contributed by atoms with Gasteiger partial charge in [0.1, 0.15) is 12.2 Å². The van der Waals surface area contributed by atoms with E-state index in [1.54, 1.807) is 12.4 Å². The lowest BCUT2D eigenvalue weighted by Crippen LogP contribution is -2.25. The summed E-state index contributed by atoms with van der Waals surface area (Å²) >= 11 is 12.2. The molecular formula is C15H20Cl2N4. The second-order valence-corrected chi connectivity index (χ2v) is 5.78. The van der Waals surface area contributed by atoms with Crippen molar-refractivity contribution >= 4 is 23.2 Å². The van der Waals surface area contributed by atoms with E-state index in [9.17, 15) is 0 Å². The van der Waals surface area contributed by atoms with Crippen molar-refractivity contribution < 1.29 is 0 Å². The third-order valence-corrected chi connectivity index (χ3v) is 3.75. The predicted octanol–water partition coefficient (Wildman–Crippen LogP) is 3.89. The first-order valence-electron chi connectivity index (χ1n) is 7.20. The summed E-state index contributed by atoms with van der Waals surface area (Å²) in [5, 5.41) is 9.06. The Labute approximate surface area is 135 Å². The molecular weight excluding hydrogens is 307 g/mol. The maximum Gasteiger partial charge on any atom is 0.138 e. The average molecular weight is 327 g/mol. The van der Waals surface area contributed by atoms with Crippen molar-refractivity contribution in [2.45, 2.75) is 39.3 Å². The molecule has 2 aromatic rings. The lowest BCUT2D eigenvalue weighted by atomic mass is 10.0. The topological polar surface area (TPSA) is 42.7 Å². The molecule has 6 heteroatoms. The maximum absolute atomic E-state index is 6.12. The molecule has 0 amide bonds. The van der Waals surface area contributed by atoms with Crippen LogP contribution >= 0.6 is 23.2 Å². The minimum Gasteiger partial charge on any atom is -0.310 e. The van der Waals surface area contributed by atoms with E-state index in [-0.39, 0.29) is 6.04 Å². The Morgan fingerprint density at radius 1 is 1.19 bits per heavy atom. The number of halogens is 2. The molecule has 1 aromatic heterocycles. The van der Waals surface area contributed by atoms with Gasteiger partial charge in [0.05, 0.1) is 0 Å². The number of hydrogen-bond acceptors (Lipinski definition) is 3. The zero-order chi connectivity index (χ0) is 15.2. The van der Waals surface area contributed by atoms with Crippen molar-refractivity contribution in [1.29, 1.82) is 0 Å². The van der Waals surface area contributed by atoms with E-state index in [1.165, 1.54) is 0 Å². The van der Waals surface area contributed by atoms with Crippen molar-refractivity contribution in [1.82, 2.24) is 20.1 Å². The molecule has 0 aliphatic carbocycles. The van der Waals surface area contributed by atoms with Gasteiger partial charge in [0.25, 0.3) is 0 Å². The van der Waals surface area contributed by atoms with Crippen molar-refractivity contribution in [2.24, 2.45) is 0 Å². The summed E-state index contributed by atoms with van der Waals surface area (Å²) in [5.41, 5.74) is 1.08. The Balaban J connectivity index is 2.25. The van der Waals surface area contributed by atoms with E-state index < -0.39 is 0 Å². The first kappa shape index (κ1) is 16.3. The van der Waals surface area contributed by atoms with Crippen LogP contribution in [0.25, 0.3) is 0 Å². The van der Waals surface area contributed by atoms with Crippen molar-refractivity contribution in [3.63, 3.8) is 0 Å². The zero-order valence-corrected chi connectivity index (χ0v) is 13.8. The third kappa shape index (κ3) is 4.43. The minimum absolute atomic E-state index is 0.121. The fourth-order valence-corrected chi connectivity index (χ4v) is 2.84. The molecule has 1 unspecified atom stereocenters. The summed E-state index contributed by atoms with van der Waals surface area (Å²) < 4.78 is 1.91. The summed E-state index contributed by atoms with van der Waals surface area (Å²) in [6, 6.07) is 5.77. The van der Waals surface area contributed by atoms with Gasteiger partial charge in [-0.2, -0.15) is 5.10 Å². The van der Waals surface area contributed by atoms with E-state index >= 15 is 0 Å². The fourth-order valence-electron chi connectivity index (χ4n) is 2.30. The predicted molar refractivity (Wildman–Crippen MR) is 86.9 cm³/mol. The van der Waals surface area contributed by atoms with Crippen molar-refractivity contribution in [3.05, 3.63) is 46.0 Å². The van der Waals surface area contributed by atoms with E-state index in [2.05, 4.69) is 29.2 Å². The fraction of sp³-hybridized carbons (Fsp3) is 0.467. The molecule has 0 fully saturated rings. The first-order chi connectivity index (χ1) is 10.1. The van der Waals surface area contributed by atoms with E-state index in [0.29, 0.717) is 10.0 Å². The second-order valence-electron chi connectivity index (χ2n) is 4.91. The van der Waals surface area contributed by atoms with Crippen LogP contribution in [0.1, 0.15) is 37.7 Å². The molecule has 21 heavy (non-hydrogen) atoms. The zero-order valence-electron chi connectivity index (χ0n) is 12.3. The summed E-state index contributed by atoms with van der Waals surface area (Å²) in [7, 11) is 0. The highest BCUT2D eigenvalue weighted by Crippen LogP contribution is 2.25. The molecule has 0 aliphatic rings. The molecule has 4 nitrogen and oxygen atoms in total. The molecule has 0 spiro atoms. The van der Waals surface area contributed by atoms with Gasteiger partial charge in [-0.1, -0.05) is 30.1 Å². The quantitative estimate of drug-likeness (QED) is 0.839. The van der Waals surface area contributed by atoms with Crippen molar-refractivity contribution in [2.75, 3.05) is 6.54 Å². The number of aromatic nitrogens is 3. The highest BCUT2D eigenvalue weighted by atomic mass is 35.5. The van der Waals surface area contributed by atoms with Crippen LogP contribution in [0.2, 0.25) is 10.0 Å². The summed E-state index contributed by atoms with van der Waals surface area (Å²) in [4.78, 5) is 4.35. The largest absolute Gasteiger partial charge is 0.310 e. The second kappa shape index (κ2) is 7.78. The number of rotatable bonds is 7. The van der Waals surface area contributed by atoms with Gasteiger partial charge >= 0.3 is 0 Å². The average Bonchev–Trinajstić information content (AvgIpc) is 2.89. The van der Waals surface area contributed by atoms with E-state index in [4.69, 9.17) is 23.2 Å². The van der Waals surface area contributed by atoms with Crippen LogP contribution in [0.4, 0.5) is 0 Å². The van der Waals surface area contributed by atoms with Crippen molar-refractivity contribution in [3.8, 4) is 0 Å². The van der Waals surface area contributed by atoms with Crippen LogP contribution < -0.4 is 5.32 Å². The number of aryl methyl sites for hydroxylation is 1. The monoisotopic (exact) mass is 326 g/mol. The molecule has 1 heterocycles. The summed E-state index contributed by atoms with van der Waals surface area (Å²) in [6.07, 6.45) is 3.41. The number of nitrogens with zero attached hydrogens (tertiary/aromatic N) is 3. The first-order valence-corrected chi connectivity index (χ1v) is 7.95. The minimum atomic E-state index is 0.121. The normalized spacial score (nSPS) is 12.6. The van der Waals surface area contributed by atoms with Crippen LogP contribution in [0, 0.1) is 0 Å². The van der Waals surface area contributed by atoms with Gasteiger partial charge in [0.15, 0.2) is 0 Å². The number of benzene rings is 1. The Bertz CT molecular complexity index is 563. The third-order valence-electron chi connectivity index (χ3n) is 3.31. The van der Waals surface area contributed by atoms with Gasteiger partial charge in [-0.3, -0.25) is 4.68 Å². The van der Waals surface area contributed by atoms with Gasteiger partial charge < -0.3 is 5.32 Å². The Hall–Kier alpha value is -1.10. The summed E-state index contributed by atoms with van der Waals surface area (Å²) in [6.45, 7) is 5.94. The van der Waals surface area contributed by atoms with Crippen LogP contribution in [-0.2, 0) is 13.0 Å². The SMILES string of the molecule is CCCNC(Cc1ncnn1CC)c1cc(Cl)cc(Cl)c1. The Morgan fingerprint density at radius 2 is 1.90 bits per heavy atom. The smallest absolute Gasteiger partial charge is 0.138 e. The van der Waals surface area contributed by atoms with Crippen LogP contribution in [0.3, 0.4) is 0 Å². The van der Waals surface area contributed by atoms with Gasteiger partial charge in [-0.05, 0) is 43.7 Å². The molecule has 1 atom stereocenters. The molecule has 2 rings (SSSR count). The molecule has 0 saturated heterocycles. The number of nitrogens with one attached hydrogen (secondary N) is 1. The van der Waals surface area contributed by atoms with Gasteiger partial charge in [-0.15, -0.1) is 0 Å². The van der Waals surface area contributed by atoms with Crippen LogP contribution in [0.5, 0.6) is 0 Å². The molecule has 0 bridgehead atoms. The molecule has 0 radical (unpaired) electrons. The lowest BCUT2D eigenvalue weighted by Gasteiger charge is -2.19. The lowest BCUT2D eigenvalue weighted by molar-refractivity contribution is 0.497. The Morgan fingerprint density at radius 3 is 2.52 bits per heavy atom. The van der Waals surface area contributed by atoms with Gasteiger partial charge in [0.2, 0.25) is 0 Å². The highest BCUT2D eigenvalue weighted by molar-refractivity contribution is 6.34. The molecule has 1 N–H and O–H groups in total. The highest BCUT2D eigenvalue weighted by Gasteiger charge is 2.16. The van der Waals surface area contributed by atoms with E-state index in [0.717, 1.165) is 37.3 Å². The molecule has 0 saturated carbocycles. The summed E-state index contributed by atoms with van der Waals surface area (Å²) in [5.74, 6) is 0.960. The van der Waals surface area contributed by atoms with Crippen LogP contribution in [-0.4, -0.2) is 21.3 Å².